The average molecular weight is 539 g/mol. The molecule has 1 unspecified atom stereocenters. The number of benzene rings is 1. The molecule has 11 heteroatoms. The van der Waals surface area contributed by atoms with E-state index < -0.39 is 23.2 Å². The monoisotopic (exact) mass is 537 g/mol. The van der Waals surface area contributed by atoms with Crippen molar-refractivity contribution in [2.24, 2.45) is 0 Å². The number of halogens is 6. The van der Waals surface area contributed by atoms with Gasteiger partial charge in [-0.2, -0.15) is 13.2 Å². The fraction of sp³-hybridized carbons (Fsp3) is 0.478. The summed E-state index contributed by atoms with van der Waals surface area (Å²) in [6.45, 7) is 6.95. The Morgan fingerprint density at radius 2 is 1.76 bits per heavy atom. The minimum Gasteiger partial charge on any atom is -0.465 e. The van der Waals surface area contributed by atoms with Crippen molar-refractivity contribution in [1.82, 2.24) is 9.88 Å². The fourth-order valence-corrected chi connectivity index (χ4v) is 4.75. The van der Waals surface area contributed by atoms with Crippen LogP contribution in [-0.4, -0.2) is 45.9 Å². The van der Waals surface area contributed by atoms with Crippen LogP contribution in [0.5, 0.6) is 0 Å². The molecular weight excluding hydrogens is 514 g/mol. The normalized spacial score (nSPS) is 18.9. The highest BCUT2D eigenvalue weighted by molar-refractivity contribution is 6.48. The number of nitrogens with zero attached hydrogens (tertiary/aromatic N) is 3. The molecule has 3 rings (SSSR count). The molecule has 1 aromatic heterocycles. The molecule has 2 aromatic rings. The zero-order valence-corrected chi connectivity index (χ0v) is 21.4. The number of amides is 1. The second-order valence-electron chi connectivity index (χ2n) is 9.46. The van der Waals surface area contributed by atoms with E-state index in [0.717, 1.165) is 0 Å². The van der Waals surface area contributed by atoms with Crippen molar-refractivity contribution in [1.29, 1.82) is 0 Å². The number of hydrogen-bond acceptors (Lipinski definition) is 3. The molecular formula is C23H25Cl3F3N3O2. The van der Waals surface area contributed by atoms with Gasteiger partial charge in [0.2, 0.25) is 0 Å². The average Bonchev–Trinajstić information content (AvgIpc) is 3.16. The van der Waals surface area contributed by atoms with E-state index in [-0.39, 0.29) is 46.7 Å². The number of anilines is 1. The smallest absolute Gasteiger partial charge is 0.408 e. The zero-order chi connectivity index (χ0) is 25.6. The number of aryl methyl sites for hydroxylation is 1. The summed E-state index contributed by atoms with van der Waals surface area (Å²) in [5.41, 5.74) is -1.63. The Balaban J connectivity index is 1.92. The highest BCUT2D eigenvalue weighted by Gasteiger charge is 2.59. The van der Waals surface area contributed by atoms with E-state index in [2.05, 4.69) is 4.98 Å². The lowest BCUT2D eigenvalue weighted by atomic mass is 9.79. The van der Waals surface area contributed by atoms with Crippen molar-refractivity contribution in [2.45, 2.75) is 57.8 Å². The van der Waals surface area contributed by atoms with E-state index in [9.17, 15) is 23.1 Å². The minimum atomic E-state index is -4.56. The van der Waals surface area contributed by atoms with Crippen molar-refractivity contribution in [3.8, 4) is 0 Å². The Hall–Kier alpha value is -1.90. The highest BCUT2D eigenvalue weighted by Crippen LogP contribution is 2.50. The van der Waals surface area contributed by atoms with Gasteiger partial charge in [-0.3, -0.25) is 4.90 Å². The van der Waals surface area contributed by atoms with Gasteiger partial charge in [0.05, 0.1) is 21.6 Å². The number of hydrogen-bond donors (Lipinski definition) is 1. The molecule has 1 aromatic carbocycles. The molecule has 0 saturated carbocycles. The summed E-state index contributed by atoms with van der Waals surface area (Å²) in [7, 11) is 0. The van der Waals surface area contributed by atoms with Gasteiger partial charge in [-0.25, -0.2) is 9.78 Å². The molecule has 5 nitrogen and oxygen atoms in total. The third kappa shape index (κ3) is 5.04. The van der Waals surface area contributed by atoms with Crippen LogP contribution in [-0.2, 0) is 12.0 Å². The Morgan fingerprint density at radius 1 is 1.18 bits per heavy atom. The van der Waals surface area contributed by atoms with Crippen molar-refractivity contribution >= 4 is 46.7 Å². The largest absolute Gasteiger partial charge is 0.465 e. The van der Waals surface area contributed by atoms with Gasteiger partial charge in [-0.15, -0.1) is 0 Å². The predicted octanol–water partition coefficient (Wildman–Crippen LogP) is 7.34. The summed E-state index contributed by atoms with van der Waals surface area (Å²) >= 11 is 18.0. The first kappa shape index (κ1) is 26.7. The van der Waals surface area contributed by atoms with Crippen molar-refractivity contribution in [3.63, 3.8) is 0 Å². The maximum Gasteiger partial charge on any atom is 0.408 e. The topological polar surface area (TPSA) is 56.7 Å². The second kappa shape index (κ2) is 9.28. The van der Waals surface area contributed by atoms with Crippen LogP contribution in [0.4, 0.5) is 23.8 Å². The Labute approximate surface area is 211 Å². The molecule has 1 N–H and O–H groups in total. The lowest BCUT2D eigenvalue weighted by molar-refractivity contribution is -0.184. The highest BCUT2D eigenvalue weighted by atomic mass is 35.5. The maximum absolute atomic E-state index is 14.4. The summed E-state index contributed by atoms with van der Waals surface area (Å²) in [6.07, 6.45) is -5.83. The van der Waals surface area contributed by atoms with Gasteiger partial charge >= 0.3 is 12.3 Å². The molecule has 0 spiro atoms. The molecule has 2 heterocycles. The number of alkyl halides is 3. The number of carboxylic acid groups (broad SMARTS) is 1. The van der Waals surface area contributed by atoms with Crippen LogP contribution >= 0.6 is 34.8 Å². The van der Waals surface area contributed by atoms with Gasteiger partial charge in [0, 0.05) is 24.3 Å². The molecule has 1 aliphatic rings. The first-order chi connectivity index (χ1) is 15.6. The van der Waals surface area contributed by atoms with E-state index in [0.29, 0.717) is 17.1 Å². The molecule has 1 atom stereocenters. The lowest BCUT2D eigenvalue weighted by Crippen LogP contribution is -2.45. The Morgan fingerprint density at radius 3 is 2.24 bits per heavy atom. The standard InChI is InChI=1S/C23H25Cl3F3N3O2/c1-13-14(11-32(20(33)34)21(2,3)4)5-6-18(30-13)31-8-7-22(12-31,23(27,28)29)15-9-16(24)19(26)17(25)10-15/h5-6,9-10H,7-8,11-12H2,1-4H3,(H,33,34). The number of rotatable bonds is 4. The van der Waals surface area contributed by atoms with Gasteiger partial charge < -0.3 is 10.0 Å². The third-order valence-electron chi connectivity index (χ3n) is 6.22. The SMILES string of the molecule is Cc1nc(N2CCC(c3cc(Cl)c(Cl)c(Cl)c3)(C(F)(F)F)C2)ccc1CN(C(=O)O)C(C)(C)C. The van der Waals surface area contributed by atoms with Crippen molar-refractivity contribution in [3.05, 3.63) is 56.2 Å². The summed E-state index contributed by atoms with van der Waals surface area (Å²) < 4.78 is 43.2. The first-order valence-electron chi connectivity index (χ1n) is 10.5. The van der Waals surface area contributed by atoms with Gasteiger partial charge in [-0.1, -0.05) is 40.9 Å². The van der Waals surface area contributed by atoms with Crippen LogP contribution in [0, 0.1) is 6.92 Å². The lowest BCUT2D eigenvalue weighted by Gasteiger charge is -2.34. The summed E-state index contributed by atoms with van der Waals surface area (Å²) in [6, 6.07) is 5.78. The predicted molar refractivity (Wildman–Crippen MR) is 128 cm³/mol. The van der Waals surface area contributed by atoms with Crippen LogP contribution in [0.2, 0.25) is 15.1 Å². The van der Waals surface area contributed by atoms with E-state index >= 15 is 0 Å². The zero-order valence-electron chi connectivity index (χ0n) is 19.1. The quantitative estimate of drug-likeness (QED) is 0.414. The van der Waals surface area contributed by atoms with E-state index in [4.69, 9.17) is 34.8 Å². The summed E-state index contributed by atoms with van der Waals surface area (Å²) in [5, 5.41) is 9.49. The number of carbonyl (C=O) groups is 1. The van der Waals surface area contributed by atoms with Crippen LogP contribution in [0.1, 0.15) is 44.0 Å². The molecule has 0 aliphatic carbocycles. The second-order valence-corrected chi connectivity index (χ2v) is 10.7. The maximum atomic E-state index is 14.4. The Kier molecular flexibility index (Phi) is 7.29. The van der Waals surface area contributed by atoms with E-state index in [1.807, 2.05) is 0 Å². The number of pyridine rings is 1. The van der Waals surface area contributed by atoms with Gasteiger partial charge in [0.1, 0.15) is 11.2 Å². The molecule has 1 aliphatic heterocycles. The minimum absolute atomic E-state index is 0.0119. The summed E-state index contributed by atoms with van der Waals surface area (Å²) in [5.74, 6) is 0.385. The summed E-state index contributed by atoms with van der Waals surface area (Å²) in [4.78, 5) is 19.0. The van der Waals surface area contributed by atoms with E-state index in [1.54, 1.807) is 44.7 Å². The fourth-order valence-electron chi connectivity index (χ4n) is 4.15. The molecule has 186 valence electrons. The molecule has 1 fully saturated rings. The molecule has 34 heavy (non-hydrogen) atoms. The first-order valence-corrected chi connectivity index (χ1v) is 11.6. The van der Waals surface area contributed by atoms with Crippen molar-refractivity contribution in [2.75, 3.05) is 18.0 Å². The molecule has 1 saturated heterocycles. The molecule has 0 bridgehead atoms. The van der Waals surface area contributed by atoms with Crippen LogP contribution in [0.25, 0.3) is 0 Å². The van der Waals surface area contributed by atoms with Crippen LogP contribution in [0.15, 0.2) is 24.3 Å². The van der Waals surface area contributed by atoms with Crippen molar-refractivity contribution < 1.29 is 23.1 Å². The molecule has 1 amide bonds. The Bertz CT molecular complexity index is 1080. The van der Waals surface area contributed by atoms with Gasteiger partial charge in [0.25, 0.3) is 0 Å². The third-order valence-corrected chi connectivity index (χ3v) is 7.42. The van der Waals surface area contributed by atoms with E-state index in [1.165, 1.54) is 17.0 Å². The molecule has 0 radical (unpaired) electrons. The van der Waals surface area contributed by atoms with Crippen LogP contribution < -0.4 is 4.90 Å². The van der Waals surface area contributed by atoms with Crippen LogP contribution in [0.3, 0.4) is 0 Å². The van der Waals surface area contributed by atoms with Gasteiger partial charge in [-0.05, 0) is 63.4 Å². The number of aromatic nitrogens is 1. The van der Waals surface area contributed by atoms with Gasteiger partial charge in [0.15, 0.2) is 0 Å².